The molecule has 0 radical (unpaired) electrons. The van der Waals surface area contributed by atoms with E-state index in [0.717, 1.165) is 33.0 Å². The van der Waals surface area contributed by atoms with E-state index in [4.69, 9.17) is 23.2 Å². The number of imidazole rings is 1. The van der Waals surface area contributed by atoms with E-state index in [9.17, 15) is 4.79 Å². The number of carbonyl (C=O) groups is 1. The molecule has 0 spiro atoms. The molecule has 4 aromatic rings. The Bertz CT molecular complexity index is 1160. The first-order chi connectivity index (χ1) is 13.4. The zero-order valence-corrected chi connectivity index (χ0v) is 17.5. The molecular formula is C20H16Cl2N4OS. The van der Waals surface area contributed by atoms with Gasteiger partial charge in [-0.3, -0.25) is 10.1 Å². The van der Waals surface area contributed by atoms with E-state index in [1.165, 1.54) is 11.3 Å². The minimum Gasteiger partial charge on any atom is -0.342 e. The molecule has 142 valence electrons. The molecule has 0 atom stereocenters. The van der Waals surface area contributed by atoms with Crippen molar-refractivity contribution < 1.29 is 4.79 Å². The summed E-state index contributed by atoms with van der Waals surface area (Å²) in [4.78, 5) is 25.8. The van der Waals surface area contributed by atoms with Gasteiger partial charge in [0.2, 0.25) is 0 Å². The number of nitrogens with one attached hydrogen (secondary N) is 2. The monoisotopic (exact) mass is 430 g/mol. The summed E-state index contributed by atoms with van der Waals surface area (Å²) in [5, 5.41) is 4.64. The van der Waals surface area contributed by atoms with Gasteiger partial charge in [-0.25, -0.2) is 9.97 Å². The summed E-state index contributed by atoms with van der Waals surface area (Å²) in [6.07, 6.45) is 0.479. The van der Waals surface area contributed by atoms with Gasteiger partial charge in [0.1, 0.15) is 5.82 Å². The topological polar surface area (TPSA) is 70.7 Å². The number of anilines is 1. The Morgan fingerprint density at radius 1 is 1.14 bits per heavy atom. The predicted molar refractivity (Wildman–Crippen MR) is 115 cm³/mol. The average Bonchev–Trinajstić information content (AvgIpc) is 3.19. The highest BCUT2D eigenvalue weighted by Gasteiger charge is 2.13. The fraction of sp³-hybridized carbons (Fsp3) is 0.150. The normalized spacial score (nSPS) is 11.1. The molecular weight excluding hydrogens is 415 g/mol. The number of aromatic amines is 1. The number of hydrogen-bond donors (Lipinski definition) is 2. The number of fused-ring (bicyclic) bond motifs is 1. The van der Waals surface area contributed by atoms with Gasteiger partial charge in [0, 0.05) is 26.9 Å². The molecule has 0 saturated heterocycles. The third-order valence-corrected chi connectivity index (χ3v) is 6.14. The molecule has 0 aliphatic heterocycles. The van der Waals surface area contributed by atoms with Gasteiger partial charge in [-0.1, -0.05) is 29.3 Å². The highest BCUT2D eigenvalue weighted by molar-refractivity contribution is 7.15. The quantitative estimate of drug-likeness (QED) is 0.430. The number of aromatic nitrogens is 3. The van der Waals surface area contributed by atoms with Crippen LogP contribution in [0.25, 0.3) is 11.0 Å². The zero-order chi connectivity index (χ0) is 19.8. The Morgan fingerprint density at radius 3 is 2.57 bits per heavy atom. The first-order valence-electron chi connectivity index (χ1n) is 8.57. The zero-order valence-electron chi connectivity index (χ0n) is 15.1. The fourth-order valence-electron chi connectivity index (χ4n) is 2.85. The van der Waals surface area contributed by atoms with Crippen LogP contribution in [0.5, 0.6) is 0 Å². The van der Waals surface area contributed by atoms with Gasteiger partial charge in [0.15, 0.2) is 5.13 Å². The maximum absolute atomic E-state index is 12.6. The summed E-state index contributed by atoms with van der Waals surface area (Å²) in [6, 6.07) is 10.8. The molecule has 0 bridgehead atoms. The molecule has 0 fully saturated rings. The third-order valence-electron chi connectivity index (χ3n) is 4.45. The molecule has 0 aliphatic rings. The third kappa shape index (κ3) is 3.76. The van der Waals surface area contributed by atoms with Crippen LogP contribution in [0.3, 0.4) is 0 Å². The molecule has 28 heavy (non-hydrogen) atoms. The average molecular weight is 431 g/mol. The van der Waals surface area contributed by atoms with Crippen LogP contribution in [-0.4, -0.2) is 20.9 Å². The van der Waals surface area contributed by atoms with Gasteiger partial charge in [0.25, 0.3) is 5.91 Å². The lowest BCUT2D eigenvalue weighted by molar-refractivity contribution is 0.102. The summed E-state index contributed by atoms with van der Waals surface area (Å²) >= 11 is 14.0. The van der Waals surface area contributed by atoms with Gasteiger partial charge in [-0.2, -0.15) is 0 Å². The van der Waals surface area contributed by atoms with Crippen molar-refractivity contribution in [2.24, 2.45) is 0 Å². The lowest BCUT2D eigenvalue weighted by Gasteiger charge is -2.04. The number of nitrogens with zero attached hydrogens (tertiary/aromatic N) is 2. The van der Waals surface area contributed by atoms with Gasteiger partial charge in [0.05, 0.1) is 16.7 Å². The Labute approximate surface area is 175 Å². The van der Waals surface area contributed by atoms with Crippen LogP contribution in [-0.2, 0) is 6.42 Å². The van der Waals surface area contributed by atoms with Crippen LogP contribution < -0.4 is 5.32 Å². The second-order valence-electron chi connectivity index (χ2n) is 6.41. The van der Waals surface area contributed by atoms with E-state index in [-0.39, 0.29) is 5.91 Å². The SMILES string of the molecule is Cc1nc(NC(=O)c2ccc3nc(Cc4c(Cl)cccc4Cl)[nH]c3c2)sc1C. The molecule has 0 saturated carbocycles. The van der Waals surface area contributed by atoms with Crippen LogP contribution in [0.2, 0.25) is 10.0 Å². The number of aryl methyl sites for hydroxylation is 2. The number of carbonyl (C=O) groups excluding carboxylic acids is 1. The Kier molecular flexibility index (Phi) is 5.10. The number of hydrogen-bond acceptors (Lipinski definition) is 4. The minimum absolute atomic E-state index is 0.207. The van der Waals surface area contributed by atoms with Crippen molar-refractivity contribution in [2.45, 2.75) is 20.3 Å². The molecule has 2 aromatic heterocycles. The number of H-pyrrole nitrogens is 1. The second kappa shape index (κ2) is 7.54. The Morgan fingerprint density at radius 2 is 1.89 bits per heavy atom. The van der Waals surface area contributed by atoms with Crippen LogP contribution in [0.1, 0.15) is 32.3 Å². The van der Waals surface area contributed by atoms with Crippen LogP contribution in [0.4, 0.5) is 5.13 Å². The van der Waals surface area contributed by atoms with Crippen molar-refractivity contribution in [3.8, 4) is 0 Å². The lowest BCUT2D eigenvalue weighted by atomic mass is 10.1. The summed E-state index contributed by atoms with van der Waals surface area (Å²) in [6.45, 7) is 3.90. The number of halogens is 2. The number of thiazole rings is 1. The van der Waals surface area contributed by atoms with Crippen LogP contribution in [0, 0.1) is 13.8 Å². The first kappa shape index (κ1) is 18.9. The highest BCUT2D eigenvalue weighted by atomic mass is 35.5. The molecule has 2 N–H and O–H groups in total. The highest BCUT2D eigenvalue weighted by Crippen LogP contribution is 2.27. The first-order valence-corrected chi connectivity index (χ1v) is 10.1. The van der Waals surface area contributed by atoms with Crippen LogP contribution in [0.15, 0.2) is 36.4 Å². The standard InChI is InChI=1S/C20H16Cl2N4OS/c1-10-11(2)28-20(23-10)26-19(27)12-6-7-16-17(8-12)25-18(24-16)9-13-14(21)4-3-5-15(13)22/h3-8H,9H2,1-2H3,(H,24,25)(H,23,26,27). The smallest absolute Gasteiger partial charge is 0.257 e. The Hall–Kier alpha value is -2.41. The van der Waals surface area contributed by atoms with Crippen LogP contribution >= 0.6 is 34.5 Å². The van der Waals surface area contributed by atoms with Gasteiger partial charge < -0.3 is 4.98 Å². The maximum Gasteiger partial charge on any atom is 0.257 e. The van der Waals surface area contributed by atoms with E-state index >= 15 is 0 Å². The van der Waals surface area contributed by atoms with E-state index in [2.05, 4.69) is 20.3 Å². The molecule has 8 heteroatoms. The number of amides is 1. The van der Waals surface area contributed by atoms with Crippen molar-refractivity contribution in [1.82, 2.24) is 15.0 Å². The lowest BCUT2D eigenvalue weighted by Crippen LogP contribution is -2.11. The van der Waals surface area contributed by atoms with Gasteiger partial charge in [-0.05, 0) is 49.7 Å². The maximum atomic E-state index is 12.6. The largest absolute Gasteiger partial charge is 0.342 e. The summed E-state index contributed by atoms with van der Waals surface area (Å²) < 4.78 is 0. The summed E-state index contributed by atoms with van der Waals surface area (Å²) in [7, 11) is 0. The van der Waals surface area contributed by atoms with Crippen molar-refractivity contribution in [3.05, 3.63) is 74.0 Å². The van der Waals surface area contributed by atoms with E-state index in [1.54, 1.807) is 24.3 Å². The molecule has 0 aliphatic carbocycles. The van der Waals surface area contributed by atoms with E-state index in [0.29, 0.717) is 27.2 Å². The fourth-order valence-corrected chi connectivity index (χ4v) is 4.19. The molecule has 5 nitrogen and oxygen atoms in total. The van der Waals surface area contributed by atoms with Crippen molar-refractivity contribution in [2.75, 3.05) is 5.32 Å². The van der Waals surface area contributed by atoms with Crippen molar-refractivity contribution in [1.29, 1.82) is 0 Å². The summed E-state index contributed by atoms with van der Waals surface area (Å²) in [5.74, 6) is 0.523. The van der Waals surface area contributed by atoms with Crippen molar-refractivity contribution >= 4 is 56.6 Å². The van der Waals surface area contributed by atoms with E-state index in [1.807, 2.05) is 26.0 Å². The molecule has 2 aromatic carbocycles. The number of benzene rings is 2. The van der Waals surface area contributed by atoms with Gasteiger partial charge in [-0.15, -0.1) is 11.3 Å². The molecule has 1 amide bonds. The predicted octanol–water partition coefficient (Wildman–Crippen LogP) is 5.79. The molecule has 2 heterocycles. The summed E-state index contributed by atoms with van der Waals surface area (Å²) in [5.41, 5.74) is 3.82. The molecule has 0 unspecified atom stereocenters. The molecule has 4 rings (SSSR count). The second-order valence-corrected chi connectivity index (χ2v) is 8.42. The number of rotatable bonds is 4. The van der Waals surface area contributed by atoms with Crippen molar-refractivity contribution in [3.63, 3.8) is 0 Å². The van der Waals surface area contributed by atoms with E-state index < -0.39 is 0 Å². The Balaban J connectivity index is 1.58. The van der Waals surface area contributed by atoms with Gasteiger partial charge >= 0.3 is 0 Å². The minimum atomic E-state index is -0.207.